The first-order chi connectivity index (χ1) is 2.73. The standard InChI is InChI=1S/C4H9.CH3O.Mg/c1-4(2)3;1-2;/h4H,1H2,2-3H3;1H3;/q2*-1;+2. The van der Waals surface area contributed by atoms with E-state index in [4.69, 9.17) is 5.11 Å². The first-order valence-corrected chi connectivity index (χ1v) is 1.97. The normalized spacial score (nSPS) is 6.00. The molecule has 0 N–H and O–H groups in total. The van der Waals surface area contributed by atoms with Crippen LogP contribution < -0.4 is 5.11 Å². The fourth-order valence-corrected chi connectivity index (χ4v) is 0. The van der Waals surface area contributed by atoms with E-state index in [2.05, 4.69) is 20.8 Å². The molecule has 0 aliphatic heterocycles. The van der Waals surface area contributed by atoms with E-state index in [1.165, 1.54) is 0 Å². The summed E-state index contributed by atoms with van der Waals surface area (Å²) in [6.07, 6.45) is 0. The summed E-state index contributed by atoms with van der Waals surface area (Å²) in [4.78, 5) is 0. The number of rotatable bonds is 0. The Balaban J connectivity index is -0.0000000480. The molecule has 0 aromatic carbocycles. The summed E-state index contributed by atoms with van der Waals surface area (Å²) >= 11 is 0. The molecule has 0 aliphatic carbocycles. The zero-order chi connectivity index (χ0) is 5.58. The minimum Gasteiger partial charge on any atom is -0.857 e. The average molecular weight is 112 g/mol. The van der Waals surface area contributed by atoms with Crippen molar-refractivity contribution in [2.75, 3.05) is 7.11 Å². The zero-order valence-corrected chi connectivity index (χ0v) is 6.81. The van der Waals surface area contributed by atoms with Crippen LogP contribution in [0, 0.1) is 12.8 Å². The molecule has 40 valence electrons. The largest absolute Gasteiger partial charge is 2.00 e. The number of hydrogen-bond donors (Lipinski definition) is 0. The van der Waals surface area contributed by atoms with Gasteiger partial charge in [-0.05, 0) is 0 Å². The van der Waals surface area contributed by atoms with Crippen molar-refractivity contribution < 1.29 is 5.11 Å². The van der Waals surface area contributed by atoms with Gasteiger partial charge < -0.3 is 12.0 Å². The molecule has 0 fully saturated rings. The van der Waals surface area contributed by atoms with Gasteiger partial charge in [-0.1, -0.05) is 13.8 Å². The van der Waals surface area contributed by atoms with E-state index in [1.807, 2.05) is 0 Å². The fourth-order valence-electron chi connectivity index (χ4n) is 0. The van der Waals surface area contributed by atoms with E-state index in [9.17, 15) is 0 Å². The second-order valence-corrected chi connectivity index (χ2v) is 1.39. The molecule has 0 rings (SSSR count). The Morgan fingerprint density at radius 1 is 1.29 bits per heavy atom. The summed E-state index contributed by atoms with van der Waals surface area (Å²) in [6.45, 7) is 7.75. The molecule has 0 radical (unpaired) electrons. The second kappa shape index (κ2) is 15.9. The summed E-state index contributed by atoms with van der Waals surface area (Å²) in [6, 6.07) is 0. The van der Waals surface area contributed by atoms with Gasteiger partial charge in [-0.2, -0.15) is 13.0 Å². The van der Waals surface area contributed by atoms with Crippen LogP contribution in [0.15, 0.2) is 0 Å². The van der Waals surface area contributed by atoms with Crippen molar-refractivity contribution >= 4 is 23.1 Å². The first-order valence-electron chi connectivity index (χ1n) is 1.97. The molecule has 0 heterocycles. The third kappa shape index (κ3) is 285. The van der Waals surface area contributed by atoms with Crippen LogP contribution in [-0.4, -0.2) is 30.2 Å². The molecule has 1 nitrogen and oxygen atoms in total. The van der Waals surface area contributed by atoms with Crippen molar-refractivity contribution in [3.05, 3.63) is 6.92 Å². The van der Waals surface area contributed by atoms with Crippen LogP contribution in [-0.2, 0) is 0 Å². The molecule has 2 heteroatoms. The summed E-state index contributed by atoms with van der Waals surface area (Å²) in [5.74, 6) is 0.583. The molecule has 7 heavy (non-hydrogen) atoms. The van der Waals surface area contributed by atoms with Crippen LogP contribution in [0.1, 0.15) is 13.8 Å². The maximum atomic E-state index is 8.25. The molecule has 0 saturated heterocycles. The van der Waals surface area contributed by atoms with Gasteiger partial charge in [-0.15, -0.1) is 0 Å². The molecule has 0 aromatic heterocycles. The average Bonchev–Trinajstić information content (AvgIpc) is 1.41. The molecular formula is C5H12MgO. The van der Waals surface area contributed by atoms with Gasteiger partial charge in [0.25, 0.3) is 0 Å². The molecular weight excluding hydrogens is 100 g/mol. The van der Waals surface area contributed by atoms with Gasteiger partial charge in [-0.3, -0.25) is 0 Å². The minimum atomic E-state index is 0. The Hall–Kier alpha value is 0.726. The maximum absolute atomic E-state index is 8.25. The van der Waals surface area contributed by atoms with E-state index in [1.54, 1.807) is 0 Å². The van der Waals surface area contributed by atoms with Gasteiger partial charge in [0.05, 0.1) is 0 Å². The van der Waals surface area contributed by atoms with Gasteiger partial charge in [0.2, 0.25) is 0 Å². The van der Waals surface area contributed by atoms with Crippen LogP contribution in [0.4, 0.5) is 0 Å². The van der Waals surface area contributed by atoms with E-state index in [-0.39, 0.29) is 23.1 Å². The summed E-state index contributed by atoms with van der Waals surface area (Å²) in [7, 11) is 0.750. The summed E-state index contributed by atoms with van der Waals surface area (Å²) in [5, 5.41) is 8.25. The van der Waals surface area contributed by atoms with Crippen LogP contribution in [0.25, 0.3) is 0 Å². The van der Waals surface area contributed by atoms with Crippen molar-refractivity contribution in [3.63, 3.8) is 0 Å². The molecule has 0 atom stereocenters. The molecule has 0 aromatic rings. The summed E-state index contributed by atoms with van der Waals surface area (Å²) in [5.41, 5.74) is 0. The Morgan fingerprint density at radius 2 is 1.29 bits per heavy atom. The van der Waals surface area contributed by atoms with Crippen molar-refractivity contribution in [2.24, 2.45) is 5.92 Å². The molecule has 0 spiro atoms. The fraction of sp³-hybridized carbons (Fsp3) is 0.800. The van der Waals surface area contributed by atoms with Gasteiger partial charge in [0.15, 0.2) is 0 Å². The molecule has 0 unspecified atom stereocenters. The third-order valence-corrected chi connectivity index (χ3v) is 0. The topological polar surface area (TPSA) is 23.1 Å². The second-order valence-electron chi connectivity index (χ2n) is 1.39. The van der Waals surface area contributed by atoms with Crippen LogP contribution >= 0.6 is 0 Å². The first kappa shape index (κ1) is 15.6. The molecule has 0 amide bonds. The smallest absolute Gasteiger partial charge is 0.857 e. The van der Waals surface area contributed by atoms with E-state index in [0.29, 0.717) is 5.92 Å². The molecule has 0 bridgehead atoms. The molecule has 0 saturated carbocycles. The monoisotopic (exact) mass is 112 g/mol. The SMILES string of the molecule is C[O-].[CH2-]C(C)C.[Mg+2]. The van der Waals surface area contributed by atoms with Gasteiger partial charge in [-0.25, -0.2) is 0 Å². The Bertz CT molecular complexity index is 12.8. The van der Waals surface area contributed by atoms with Gasteiger partial charge in [0.1, 0.15) is 0 Å². The van der Waals surface area contributed by atoms with Crippen LogP contribution in [0.5, 0.6) is 0 Å². The van der Waals surface area contributed by atoms with Crippen molar-refractivity contribution in [1.29, 1.82) is 0 Å². The van der Waals surface area contributed by atoms with Crippen molar-refractivity contribution in [3.8, 4) is 0 Å². The predicted octanol–water partition coefficient (Wildman–Crippen LogP) is 0.0722. The molecule has 0 aliphatic rings. The van der Waals surface area contributed by atoms with Crippen molar-refractivity contribution in [1.82, 2.24) is 0 Å². The quantitative estimate of drug-likeness (QED) is 0.321. The van der Waals surface area contributed by atoms with Gasteiger partial charge in [0, 0.05) is 0 Å². The van der Waals surface area contributed by atoms with E-state index >= 15 is 0 Å². The Kier molecular flexibility index (Phi) is 35.5. The van der Waals surface area contributed by atoms with E-state index in [0.717, 1.165) is 7.11 Å². The third-order valence-electron chi connectivity index (χ3n) is 0. The predicted molar refractivity (Wildman–Crippen MR) is 31.9 cm³/mol. The van der Waals surface area contributed by atoms with Crippen LogP contribution in [0.3, 0.4) is 0 Å². The zero-order valence-electron chi connectivity index (χ0n) is 5.40. The number of hydrogen-bond acceptors (Lipinski definition) is 1. The summed E-state index contributed by atoms with van der Waals surface area (Å²) < 4.78 is 0. The van der Waals surface area contributed by atoms with Crippen molar-refractivity contribution in [2.45, 2.75) is 13.8 Å². The minimum absolute atomic E-state index is 0. The van der Waals surface area contributed by atoms with Crippen LogP contribution in [0.2, 0.25) is 0 Å². The maximum Gasteiger partial charge on any atom is 2.00 e. The van der Waals surface area contributed by atoms with Gasteiger partial charge >= 0.3 is 23.1 Å². The van der Waals surface area contributed by atoms with E-state index < -0.39 is 0 Å². The Morgan fingerprint density at radius 3 is 1.29 bits per heavy atom. The Labute approximate surface area is 62.3 Å².